The van der Waals surface area contributed by atoms with Crippen molar-refractivity contribution in [2.45, 2.75) is 63.8 Å². The molecule has 49 heavy (non-hydrogen) atoms. The third kappa shape index (κ3) is 6.04. The minimum absolute atomic E-state index is 0.0296. The number of nitrogen functional groups attached to an aromatic ring is 1. The van der Waals surface area contributed by atoms with Crippen molar-refractivity contribution in [1.29, 1.82) is 0 Å². The number of oxazole rings is 1. The molecular formula is C33H36F5N7O4. The smallest absolute Gasteiger partial charge is 0.417 e. The van der Waals surface area contributed by atoms with Crippen LogP contribution in [0.4, 0.5) is 38.6 Å². The van der Waals surface area contributed by atoms with Crippen LogP contribution in [0.5, 0.6) is 6.01 Å². The van der Waals surface area contributed by atoms with Gasteiger partial charge in [-0.05, 0) is 77.7 Å². The molecule has 2 N–H and O–H groups in total. The molecule has 11 nitrogen and oxygen atoms in total. The fraction of sp³-hybridized carbons (Fsp3) is 0.515. The molecule has 0 unspecified atom stereocenters. The Morgan fingerprint density at radius 1 is 0.980 bits per heavy atom. The molecule has 7 rings (SSSR count). The molecule has 0 radical (unpaired) electrons. The highest BCUT2D eigenvalue weighted by atomic mass is 19.4. The second-order valence-corrected chi connectivity index (χ2v) is 13.8. The average Bonchev–Trinajstić information content (AvgIpc) is 3.73. The fourth-order valence-corrected chi connectivity index (χ4v) is 7.26. The van der Waals surface area contributed by atoms with E-state index >= 15 is 4.39 Å². The van der Waals surface area contributed by atoms with Gasteiger partial charge in [-0.3, -0.25) is 4.90 Å². The van der Waals surface area contributed by atoms with Gasteiger partial charge in [-0.25, -0.2) is 13.6 Å². The second-order valence-electron chi connectivity index (χ2n) is 13.8. The molecule has 2 aromatic carbocycles. The van der Waals surface area contributed by atoms with Crippen molar-refractivity contribution >= 4 is 39.9 Å². The highest BCUT2D eigenvalue weighted by Crippen LogP contribution is 2.46. The molecule has 3 aliphatic heterocycles. The maximum Gasteiger partial charge on any atom is 0.417 e. The van der Waals surface area contributed by atoms with Gasteiger partial charge in [0.2, 0.25) is 0 Å². The largest absolute Gasteiger partial charge is 0.461 e. The van der Waals surface area contributed by atoms with Gasteiger partial charge in [0, 0.05) is 42.7 Å². The zero-order chi connectivity index (χ0) is 34.9. The van der Waals surface area contributed by atoms with Gasteiger partial charge in [-0.2, -0.15) is 28.1 Å². The van der Waals surface area contributed by atoms with Crippen LogP contribution in [0, 0.1) is 11.6 Å². The minimum atomic E-state index is -5.06. The lowest BCUT2D eigenvalue weighted by atomic mass is 9.95. The Morgan fingerprint density at radius 3 is 2.33 bits per heavy atom. The predicted octanol–water partition coefficient (Wildman–Crippen LogP) is 6.38. The molecular weight excluding hydrogens is 653 g/mol. The molecule has 0 atom stereocenters. The maximum atomic E-state index is 16.9. The Kier molecular flexibility index (Phi) is 7.99. The van der Waals surface area contributed by atoms with Crippen molar-refractivity contribution in [2.24, 2.45) is 0 Å². The number of halogens is 5. The molecule has 4 aromatic rings. The van der Waals surface area contributed by atoms with Crippen LogP contribution in [0.1, 0.15) is 52.0 Å². The quantitative estimate of drug-likeness (QED) is 0.236. The van der Waals surface area contributed by atoms with Crippen molar-refractivity contribution in [3.63, 3.8) is 0 Å². The van der Waals surface area contributed by atoms with Crippen molar-refractivity contribution < 1.29 is 40.6 Å². The zero-order valence-corrected chi connectivity index (χ0v) is 27.3. The number of amides is 1. The number of fused-ring (bicyclic) bond motifs is 3. The SMILES string of the molecule is CC(C)(C)OC(=O)N1CCN(c2nc(OCC34CCCN3CCC4)nc3c(F)c(-c4ccc(F)c5oc(N)nc45)c(C(F)(F)F)cc23)CC1. The Balaban J connectivity index is 1.35. The van der Waals surface area contributed by atoms with Crippen LogP contribution in [0.25, 0.3) is 33.1 Å². The van der Waals surface area contributed by atoms with Gasteiger partial charge in [-0.1, -0.05) is 0 Å². The summed E-state index contributed by atoms with van der Waals surface area (Å²) in [5.74, 6) is -2.21. The minimum Gasteiger partial charge on any atom is -0.461 e. The summed E-state index contributed by atoms with van der Waals surface area (Å²) in [7, 11) is 0. The number of hydrogen-bond donors (Lipinski definition) is 1. The maximum absolute atomic E-state index is 16.9. The number of nitrogens with two attached hydrogens (primary N) is 1. The fourth-order valence-electron chi connectivity index (χ4n) is 7.26. The predicted molar refractivity (Wildman–Crippen MR) is 170 cm³/mol. The van der Waals surface area contributed by atoms with Crippen LogP contribution in [0.2, 0.25) is 0 Å². The highest BCUT2D eigenvalue weighted by molar-refractivity contribution is 6.00. The third-order valence-electron chi connectivity index (χ3n) is 9.49. The van der Waals surface area contributed by atoms with E-state index in [1.54, 1.807) is 25.7 Å². The van der Waals surface area contributed by atoms with E-state index in [9.17, 15) is 22.4 Å². The monoisotopic (exact) mass is 689 g/mol. The van der Waals surface area contributed by atoms with E-state index in [2.05, 4.69) is 19.9 Å². The number of aromatic nitrogens is 3. The molecule has 262 valence electrons. The lowest BCUT2D eigenvalue weighted by molar-refractivity contribution is -0.137. The summed E-state index contributed by atoms with van der Waals surface area (Å²) in [6.07, 6.45) is -1.74. The lowest BCUT2D eigenvalue weighted by Gasteiger charge is -2.36. The van der Waals surface area contributed by atoms with Gasteiger partial charge in [-0.15, -0.1) is 0 Å². The molecule has 3 saturated heterocycles. The van der Waals surface area contributed by atoms with Crippen molar-refractivity contribution in [3.05, 3.63) is 35.4 Å². The van der Waals surface area contributed by atoms with Gasteiger partial charge in [0.15, 0.2) is 17.2 Å². The average molecular weight is 690 g/mol. The molecule has 0 saturated carbocycles. The van der Waals surface area contributed by atoms with E-state index in [1.807, 2.05) is 0 Å². The van der Waals surface area contributed by atoms with E-state index in [4.69, 9.17) is 19.6 Å². The van der Waals surface area contributed by atoms with E-state index in [1.165, 1.54) is 4.90 Å². The van der Waals surface area contributed by atoms with E-state index in [0.717, 1.165) is 57.0 Å². The van der Waals surface area contributed by atoms with E-state index in [0.29, 0.717) is 0 Å². The summed E-state index contributed by atoms with van der Waals surface area (Å²) in [6, 6.07) is 1.98. The number of nitrogens with zero attached hydrogens (tertiary/aromatic N) is 6. The first-order chi connectivity index (χ1) is 23.1. The number of carbonyl (C=O) groups is 1. The molecule has 3 aliphatic rings. The van der Waals surface area contributed by atoms with Crippen molar-refractivity contribution in [2.75, 3.05) is 56.5 Å². The van der Waals surface area contributed by atoms with Crippen molar-refractivity contribution in [3.8, 4) is 17.1 Å². The first kappa shape index (κ1) is 33.0. The second kappa shape index (κ2) is 11.8. The molecule has 0 aliphatic carbocycles. The number of ether oxygens (including phenoxy) is 2. The summed E-state index contributed by atoms with van der Waals surface area (Å²) in [4.78, 5) is 31.1. The molecule has 0 spiro atoms. The summed E-state index contributed by atoms with van der Waals surface area (Å²) in [6.45, 7) is 8.07. The molecule has 5 heterocycles. The Labute approximate surface area is 278 Å². The van der Waals surface area contributed by atoms with Crippen LogP contribution in [-0.2, 0) is 10.9 Å². The Morgan fingerprint density at radius 2 is 1.67 bits per heavy atom. The molecule has 2 aromatic heterocycles. The van der Waals surface area contributed by atoms with Crippen LogP contribution in [0.15, 0.2) is 22.6 Å². The van der Waals surface area contributed by atoms with E-state index in [-0.39, 0.29) is 66.6 Å². The summed E-state index contributed by atoms with van der Waals surface area (Å²) < 4.78 is 92.7. The third-order valence-corrected chi connectivity index (χ3v) is 9.49. The number of carbonyl (C=O) groups excluding carboxylic acids is 1. The van der Waals surface area contributed by atoms with Gasteiger partial charge in [0.25, 0.3) is 6.01 Å². The Hall–Kier alpha value is -4.47. The van der Waals surface area contributed by atoms with Gasteiger partial charge >= 0.3 is 18.3 Å². The number of rotatable bonds is 5. The highest BCUT2D eigenvalue weighted by Gasteiger charge is 2.45. The van der Waals surface area contributed by atoms with Crippen LogP contribution in [0.3, 0.4) is 0 Å². The zero-order valence-electron chi connectivity index (χ0n) is 27.3. The molecule has 16 heteroatoms. The number of piperazine rings is 1. The van der Waals surface area contributed by atoms with Gasteiger partial charge in [0.1, 0.15) is 29.1 Å². The summed E-state index contributed by atoms with van der Waals surface area (Å²) in [5, 5.41) is -0.203. The topological polar surface area (TPSA) is 123 Å². The van der Waals surface area contributed by atoms with Crippen molar-refractivity contribution in [1.82, 2.24) is 24.8 Å². The Bertz CT molecular complexity index is 1930. The lowest BCUT2D eigenvalue weighted by Crippen LogP contribution is -2.50. The molecule has 0 bridgehead atoms. The first-order valence-corrected chi connectivity index (χ1v) is 16.2. The van der Waals surface area contributed by atoms with Gasteiger partial charge in [0.05, 0.1) is 11.1 Å². The summed E-state index contributed by atoms with van der Waals surface area (Å²) >= 11 is 0. The first-order valence-electron chi connectivity index (χ1n) is 16.2. The van der Waals surface area contributed by atoms with Gasteiger partial charge < -0.3 is 29.4 Å². The van der Waals surface area contributed by atoms with Crippen LogP contribution < -0.4 is 15.4 Å². The molecule has 3 fully saturated rings. The number of anilines is 2. The normalized spacial score (nSPS) is 18.4. The van der Waals surface area contributed by atoms with Crippen LogP contribution >= 0.6 is 0 Å². The van der Waals surface area contributed by atoms with Crippen LogP contribution in [-0.4, -0.2) is 87.9 Å². The standard InChI is InChI=1S/C33H36F5N7O4/c1-31(2,3)49-30(46)44-14-12-43(13-15-44)27-19-16-20(33(36,37)38)22(18-6-7-21(34)26-25(18)40-28(39)48-26)23(35)24(19)41-29(42-27)47-17-32-8-4-10-45(32)11-5-9-32/h6-7,16H,4-5,8-15,17H2,1-3H3,(H2,39,40). The molecule has 1 amide bonds. The number of benzene rings is 2. The number of alkyl halides is 3. The van der Waals surface area contributed by atoms with E-state index < -0.39 is 57.7 Å². The number of hydrogen-bond acceptors (Lipinski definition) is 10. The summed E-state index contributed by atoms with van der Waals surface area (Å²) in [5.41, 5.74) is 0.799.